The summed E-state index contributed by atoms with van der Waals surface area (Å²) in [4.78, 5) is 10.7. The Balaban J connectivity index is 3.18. The van der Waals surface area contributed by atoms with Crippen molar-refractivity contribution in [3.63, 3.8) is 0 Å². The van der Waals surface area contributed by atoms with Crippen LogP contribution in [-0.4, -0.2) is 15.2 Å². The van der Waals surface area contributed by atoms with E-state index in [0.717, 1.165) is 25.7 Å². The lowest BCUT2D eigenvalue weighted by Crippen LogP contribution is -2.15. The van der Waals surface area contributed by atoms with Gasteiger partial charge in [-0.3, -0.25) is 10.0 Å². The van der Waals surface area contributed by atoms with Gasteiger partial charge >= 0.3 is 0 Å². The summed E-state index contributed by atoms with van der Waals surface area (Å²) in [6.07, 6.45) is 4.65. The molecule has 0 aliphatic heterocycles. The van der Waals surface area contributed by atoms with Crippen molar-refractivity contribution in [1.29, 1.82) is 0 Å². The number of unbranched alkanes of at least 4 members (excludes halogenated alkanes) is 3. The number of hydroxylamine groups is 1. The summed E-state index contributed by atoms with van der Waals surface area (Å²) < 4.78 is 0.471. The van der Waals surface area contributed by atoms with Crippen molar-refractivity contribution in [2.24, 2.45) is 0 Å². The van der Waals surface area contributed by atoms with Crippen molar-refractivity contribution >= 4 is 22.1 Å². The van der Waals surface area contributed by atoms with E-state index >= 15 is 0 Å². The largest absolute Gasteiger partial charge is 0.275 e. The molecule has 0 spiro atoms. The number of nitrogens with zero attached hydrogens (tertiary/aromatic N) is 1. The van der Waals surface area contributed by atoms with Crippen LogP contribution in [0.15, 0.2) is 0 Å². The van der Waals surface area contributed by atoms with E-state index in [9.17, 15) is 4.79 Å². The second-order valence-corrected chi connectivity index (χ2v) is 3.14. The van der Waals surface area contributed by atoms with Crippen LogP contribution < -0.4 is 0 Å². The first-order chi connectivity index (χ1) is 5.18. The lowest BCUT2D eigenvalue weighted by atomic mass is 10.1. The zero-order valence-corrected chi connectivity index (χ0v) is 8.30. The molecule has 0 saturated heterocycles. The van der Waals surface area contributed by atoms with E-state index in [1.54, 1.807) is 0 Å². The quantitative estimate of drug-likeness (QED) is 0.337. The summed E-state index contributed by atoms with van der Waals surface area (Å²) in [5.74, 6) is -0.277. The molecule has 11 heavy (non-hydrogen) atoms. The Labute approximate surface area is 75.7 Å². The van der Waals surface area contributed by atoms with Gasteiger partial charge in [0.25, 0.3) is 5.91 Å². The maximum Gasteiger partial charge on any atom is 0.256 e. The van der Waals surface area contributed by atoms with Crippen molar-refractivity contribution in [2.45, 2.75) is 39.0 Å². The van der Waals surface area contributed by atoms with Gasteiger partial charge < -0.3 is 0 Å². The van der Waals surface area contributed by atoms with Crippen LogP contribution in [0.1, 0.15) is 39.0 Å². The number of carbonyl (C=O) groups excluding carboxylic acids is 1. The minimum Gasteiger partial charge on any atom is -0.275 e. The predicted molar refractivity (Wildman–Crippen MR) is 46.3 cm³/mol. The normalized spacial score (nSPS) is 9.73. The van der Waals surface area contributed by atoms with Crippen molar-refractivity contribution in [2.75, 3.05) is 0 Å². The number of carbonyl (C=O) groups is 1. The second-order valence-electron chi connectivity index (χ2n) is 2.46. The number of amides is 1. The molecule has 0 aromatic rings. The van der Waals surface area contributed by atoms with Crippen LogP contribution in [0.2, 0.25) is 0 Å². The minimum absolute atomic E-state index is 0.277. The molecule has 66 valence electrons. The fraction of sp³-hybridized carbons (Fsp3) is 0.857. The number of rotatable bonds is 5. The first-order valence-electron chi connectivity index (χ1n) is 3.86. The summed E-state index contributed by atoms with van der Waals surface area (Å²) in [6.45, 7) is 2.12. The van der Waals surface area contributed by atoms with E-state index < -0.39 is 0 Å². The van der Waals surface area contributed by atoms with Crippen molar-refractivity contribution < 1.29 is 10.0 Å². The molecule has 0 aliphatic rings. The highest BCUT2D eigenvalue weighted by atomic mass is 79.9. The summed E-state index contributed by atoms with van der Waals surface area (Å²) in [6, 6.07) is 0. The Morgan fingerprint density at radius 3 is 2.55 bits per heavy atom. The summed E-state index contributed by atoms with van der Waals surface area (Å²) in [5, 5.41) is 8.58. The number of hydrogen-bond acceptors (Lipinski definition) is 2. The molecule has 0 aromatic heterocycles. The van der Waals surface area contributed by atoms with E-state index in [2.05, 4.69) is 23.1 Å². The molecular weight excluding hydrogens is 210 g/mol. The van der Waals surface area contributed by atoms with E-state index in [1.807, 2.05) is 0 Å². The zero-order chi connectivity index (χ0) is 8.69. The second kappa shape index (κ2) is 6.61. The molecule has 0 heterocycles. The predicted octanol–water partition coefficient (Wildman–Crippen LogP) is 2.48. The fourth-order valence-corrected chi connectivity index (χ4v) is 0.973. The summed E-state index contributed by atoms with van der Waals surface area (Å²) in [7, 11) is 0. The van der Waals surface area contributed by atoms with E-state index in [-0.39, 0.29) is 5.91 Å². The monoisotopic (exact) mass is 223 g/mol. The van der Waals surface area contributed by atoms with Crippen molar-refractivity contribution in [1.82, 2.24) is 4.09 Å². The Morgan fingerprint density at radius 2 is 2.09 bits per heavy atom. The molecule has 0 saturated carbocycles. The molecular formula is C7H14BrNO2. The third kappa shape index (κ3) is 6.31. The van der Waals surface area contributed by atoms with Gasteiger partial charge in [-0.25, -0.2) is 0 Å². The lowest BCUT2D eigenvalue weighted by Gasteiger charge is -2.04. The molecule has 0 bridgehead atoms. The Bertz CT molecular complexity index is 117. The lowest BCUT2D eigenvalue weighted by molar-refractivity contribution is -0.143. The van der Waals surface area contributed by atoms with Crippen LogP contribution in [-0.2, 0) is 4.79 Å². The van der Waals surface area contributed by atoms with Gasteiger partial charge in [0, 0.05) is 6.42 Å². The van der Waals surface area contributed by atoms with Gasteiger partial charge in [0.05, 0.1) is 16.1 Å². The molecule has 0 rings (SSSR count). The molecule has 0 unspecified atom stereocenters. The molecule has 0 aromatic carbocycles. The Morgan fingerprint density at radius 1 is 1.45 bits per heavy atom. The highest BCUT2D eigenvalue weighted by molar-refractivity contribution is 9.07. The summed E-state index contributed by atoms with van der Waals surface area (Å²) >= 11 is 2.65. The van der Waals surface area contributed by atoms with Crippen LogP contribution >= 0.6 is 16.1 Å². The van der Waals surface area contributed by atoms with Crippen LogP contribution in [0.5, 0.6) is 0 Å². The molecule has 0 atom stereocenters. The maximum absolute atomic E-state index is 10.7. The van der Waals surface area contributed by atoms with Crippen LogP contribution in [0.3, 0.4) is 0 Å². The van der Waals surface area contributed by atoms with Crippen molar-refractivity contribution in [3.05, 3.63) is 0 Å². The Hall–Kier alpha value is -0.0900. The van der Waals surface area contributed by atoms with Crippen LogP contribution in [0, 0.1) is 0 Å². The molecule has 0 radical (unpaired) electrons. The van der Waals surface area contributed by atoms with Gasteiger partial charge in [-0.05, 0) is 6.42 Å². The SMILES string of the molecule is CCCCCCC(=O)N(O)Br. The molecule has 1 N–H and O–H groups in total. The maximum atomic E-state index is 10.7. The smallest absolute Gasteiger partial charge is 0.256 e. The average Bonchev–Trinajstić information content (AvgIpc) is 1.97. The van der Waals surface area contributed by atoms with E-state index in [4.69, 9.17) is 5.21 Å². The topological polar surface area (TPSA) is 40.5 Å². The fourth-order valence-electron chi connectivity index (χ4n) is 0.795. The van der Waals surface area contributed by atoms with Crippen molar-refractivity contribution in [3.8, 4) is 0 Å². The third-order valence-electron chi connectivity index (χ3n) is 1.45. The number of halogens is 1. The highest BCUT2D eigenvalue weighted by Gasteiger charge is 2.05. The average molecular weight is 224 g/mol. The molecule has 1 amide bonds. The third-order valence-corrected chi connectivity index (χ3v) is 1.85. The van der Waals surface area contributed by atoms with E-state index in [1.165, 1.54) is 0 Å². The molecule has 3 nitrogen and oxygen atoms in total. The number of hydrogen-bond donors (Lipinski definition) is 1. The van der Waals surface area contributed by atoms with Crippen LogP contribution in [0.25, 0.3) is 0 Å². The van der Waals surface area contributed by atoms with Gasteiger partial charge in [0.2, 0.25) is 0 Å². The van der Waals surface area contributed by atoms with Gasteiger partial charge in [0.1, 0.15) is 0 Å². The Kier molecular flexibility index (Phi) is 6.56. The molecule has 4 heteroatoms. The minimum atomic E-state index is -0.277. The van der Waals surface area contributed by atoms with Gasteiger partial charge in [-0.15, -0.1) is 0 Å². The summed E-state index contributed by atoms with van der Waals surface area (Å²) in [5.41, 5.74) is 0. The standard InChI is InChI=1S/C7H14BrNO2/c1-2-3-4-5-6-7(10)9(8)11/h11H,2-6H2,1H3. The highest BCUT2D eigenvalue weighted by Crippen LogP contribution is 2.05. The first kappa shape index (κ1) is 10.9. The van der Waals surface area contributed by atoms with E-state index in [0.29, 0.717) is 10.5 Å². The van der Waals surface area contributed by atoms with Crippen LogP contribution in [0.4, 0.5) is 0 Å². The zero-order valence-electron chi connectivity index (χ0n) is 6.72. The molecule has 0 fully saturated rings. The molecule has 0 aliphatic carbocycles. The first-order valence-corrected chi connectivity index (χ1v) is 4.57. The van der Waals surface area contributed by atoms with Gasteiger partial charge in [0.15, 0.2) is 0 Å². The van der Waals surface area contributed by atoms with Gasteiger partial charge in [-0.2, -0.15) is 4.09 Å². The van der Waals surface area contributed by atoms with Gasteiger partial charge in [-0.1, -0.05) is 26.2 Å².